The molecule has 0 unspecified atom stereocenters. The van der Waals surface area contributed by atoms with Gasteiger partial charge in [-0.2, -0.15) is 0 Å². The molecular formula is C24H22ClNO2. The monoisotopic (exact) mass is 391 g/mol. The zero-order valence-corrected chi connectivity index (χ0v) is 16.5. The van der Waals surface area contributed by atoms with Crippen LogP contribution in [0.1, 0.15) is 35.7 Å². The molecule has 4 rings (SSSR count). The lowest BCUT2D eigenvalue weighted by Crippen LogP contribution is -2.04. The quantitative estimate of drug-likeness (QED) is 0.419. The molecule has 0 saturated heterocycles. The first kappa shape index (κ1) is 18.7. The van der Waals surface area contributed by atoms with Crippen LogP contribution in [-0.4, -0.2) is 21.6 Å². The lowest BCUT2D eigenvalue weighted by molar-refractivity contribution is 0.104. The molecule has 3 aromatic carbocycles. The molecule has 1 atom stereocenters. The molecule has 0 bridgehead atoms. The number of para-hydroxylation sites is 1. The summed E-state index contributed by atoms with van der Waals surface area (Å²) in [4.78, 5) is 13.5. The van der Waals surface area contributed by atoms with E-state index in [1.54, 1.807) is 13.0 Å². The lowest BCUT2D eigenvalue weighted by atomic mass is 9.97. The summed E-state index contributed by atoms with van der Waals surface area (Å²) in [5.41, 5.74) is 2.39. The molecule has 0 aliphatic heterocycles. The second-order valence-electron chi connectivity index (χ2n) is 7.21. The van der Waals surface area contributed by atoms with E-state index in [4.69, 9.17) is 11.6 Å². The van der Waals surface area contributed by atoms with Crippen LogP contribution in [0, 0.1) is 0 Å². The molecule has 4 aromatic rings. The summed E-state index contributed by atoms with van der Waals surface area (Å²) in [6.45, 7) is 2.56. The third kappa shape index (κ3) is 3.44. The van der Waals surface area contributed by atoms with Crippen molar-refractivity contribution in [1.82, 2.24) is 4.57 Å². The number of halogens is 1. The molecular weight excluding hydrogens is 370 g/mol. The standard InChI is InChI=1S/C24H22ClNO2/c1-16(27)7-6-14-26-15-21(19-10-4-5-11-23(19)26)24(28)20-12-13-22(25)18-9-3-2-8-17(18)20/h2-5,8-13,15-16,27H,6-7,14H2,1H3/t16-/m1/s1. The van der Waals surface area contributed by atoms with Crippen LogP contribution >= 0.6 is 11.6 Å². The van der Waals surface area contributed by atoms with Crippen LogP contribution < -0.4 is 0 Å². The number of benzene rings is 3. The first-order valence-corrected chi connectivity index (χ1v) is 9.92. The molecule has 0 radical (unpaired) electrons. The van der Waals surface area contributed by atoms with Crippen LogP contribution in [-0.2, 0) is 6.54 Å². The Balaban J connectivity index is 1.79. The van der Waals surface area contributed by atoms with Crippen molar-refractivity contribution in [3.8, 4) is 0 Å². The van der Waals surface area contributed by atoms with E-state index in [1.807, 2.05) is 60.8 Å². The molecule has 4 heteroatoms. The zero-order chi connectivity index (χ0) is 19.7. The van der Waals surface area contributed by atoms with Gasteiger partial charge in [-0.3, -0.25) is 4.79 Å². The van der Waals surface area contributed by atoms with Gasteiger partial charge in [0.15, 0.2) is 5.78 Å². The summed E-state index contributed by atoms with van der Waals surface area (Å²) < 4.78 is 2.11. The van der Waals surface area contributed by atoms with Gasteiger partial charge in [-0.05, 0) is 43.4 Å². The van der Waals surface area contributed by atoms with E-state index in [-0.39, 0.29) is 11.9 Å². The van der Waals surface area contributed by atoms with Crippen molar-refractivity contribution in [2.45, 2.75) is 32.4 Å². The summed E-state index contributed by atoms with van der Waals surface area (Å²) in [5, 5.41) is 12.9. The van der Waals surface area contributed by atoms with Gasteiger partial charge in [0.25, 0.3) is 0 Å². The van der Waals surface area contributed by atoms with E-state index < -0.39 is 0 Å². The summed E-state index contributed by atoms with van der Waals surface area (Å²) >= 11 is 6.33. The number of nitrogens with zero attached hydrogens (tertiary/aromatic N) is 1. The smallest absolute Gasteiger partial charge is 0.195 e. The molecule has 0 amide bonds. The number of hydrogen-bond donors (Lipinski definition) is 1. The second-order valence-corrected chi connectivity index (χ2v) is 7.62. The van der Waals surface area contributed by atoms with Gasteiger partial charge >= 0.3 is 0 Å². The fourth-order valence-corrected chi connectivity index (χ4v) is 4.00. The van der Waals surface area contributed by atoms with Crippen molar-refractivity contribution in [3.05, 3.63) is 83.0 Å². The predicted octanol–water partition coefficient (Wildman–Crippen LogP) is 5.84. The Bertz CT molecular complexity index is 1160. The number of aryl methyl sites for hydroxylation is 1. The maximum Gasteiger partial charge on any atom is 0.195 e. The fraction of sp³-hybridized carbons (Fsp3) is 0.208. The Kier molecular flexibility index (Phi) is 5.21. The molecule has 3 nitrogen and oxygen atoms in total. The number of rotatable bonds is 6. The van der Waals surface area contributed by atoms with E-state index in [9.17, 15) is 9.90 Å². The van der Waals surface area contributed by atoms with Crippen LogP contribution in [0.15, 0.2) is 66.9 Å². The molecule has 0 aliphatic rings. The summed E-state index contributed by atoms with van der Waals surface area (Å²) in [7, 11) is 0. The van der Waals surface area contributed by atoms with Crippen molar-refractivity contribution in [2.24, 2.45) is 0 Å². The molecule has 0 aliphatic carbocycles. The van der Waals surface area contributed by atoms with Crippen LogP contribution in [0.3, 0.4) is 0 Å². The molecule has 0 fully saturated rings. The SMILES string of the molecule is C[C@@H](O)CCCn1cc(C(=O)c2ccc(Cl)c3ccccc23)c2ccccc21. The van der Waals surface area contributed by atoms with Gasteiger partial charge in [0.1, 0.15) is 0 Å². The minimum atomic E-state index is -0.316. The zero-order valence-electron chi connectivity index (χ0n) is 15.7. The van der Waals surface area contributed by atoms with E-state index in [2.05, 4.69) is 4.57 Å². The highest BCUT2D eigenvalue weighted by molar-refractivity contribution is 6.36. The van der Waals surface area contributed by atoms with Crippen LogP contribution in [0.2, 0.25) is 5.02 Å². The van der Waals surface area contributed by atoms with Crippen LogP contribution in [0.4, 0.5) is 0 Å². The van der Waals surface area contributed by atoms with Gasteiger partial charge in [0.05, 0.1) is 6.10 Å². The average Bonchev–Trinajstić information content (AvgIpc) is 3.07. The molecule has 1 aromatic heterocycles. The van der Waals surface area contributed by atoms with Crippen LogP contribution in [0.25, 0.3) is 21.7 Å². The first-order chi connectivity index (χ1) is 13.6. The number of aliphatic hydroxyl groups is 1. The number of hydrogen-bond acceptors (Lipinski definition) is 2. The largest absolute Gasteiger partial charge is 0.393 e. The Morgan fingerprint density at radius 1 is 0.964 bits per heavy atom. The molecule has 142 valence electrons. The maximum absolute atomic E-state index is 13.5. The Morgan fingerprint density at radius 2 is 1.64 bits per heavy atom. The topological polar surface area (TPSA) is 42.2 Å². The lowest BCUT2D eigenvalue weighted by Gasteiger charge is -2.07. The number of aromatic nitrogens is 1. The highest BCUT2D eigenvalue weighted by Crippen LogP contribution is 2.30. The van der Waals surface area contributed by atoms with Crippen molar-refractivity contribution in [2.75, 3.05) is 0 Å². The molecule has 1 N–H and O–H groups in total. The fourth-order valence-electron chi connectivity index (χ4n) is 3.78. The molecule has 28 heavy (non-hydrogen) atoms. The second kappa shape index (κ2) is 7.78. The summed E-state index contributed by atoms with van der Waals surface area (Å²) in [5.74, 6) is -0.00153. The minimum absolute atomic E-state index is 0.00153. The Labute approximate surface area is 169 Å². The maximum atomic E-state index is 13.5. The molecule has 0 spiro atoms. The molecule has 1 heterocycles. The van der Waals surface area contributed by atoms with Crippen molar-refractivity contribution in [1.29, 1.82) is 0 Å². The predicted molar refractivity (Wildman–Crippen MR) is 115 cm³/mol. The number of ketones is 1. The normalized spacial score (nSPS) is 12.5. The number of fused-ring (bicyclic) bond motifs is 2. The Hall–Kier alpha value is -2.62. The highest BCUT2D eigenvalue weighted by atomic mass is 35.5. The minimum Gasteiger partial charge on any atom is -0.393 e. The first-order valence-electron chi connectivity index (χ1n) is 9.54. The number of carbonyl (C=O) groups excluding carboxylic acids is 1. The van der Waals surface area contributed by atoms with Gasteiger partial charge in [0, 0.05) is 45.2 Å². The van der Waals surface area contributed by atoms with E-state index >= 15 is 0 Å². The summed E-state index contributed by atoms with van der Waals surface area (Å²) in [6.07, 6.45) is 3.22. The Morgan fingerprint density at radius 3 is 2.39 bits per heavy atom. The van der Waals surface area contributed by atoms with Crippen molar-refractivity contribution < 1.29 is 9.90 Å². The van der Waals surface area contributed by atoms with Gasteiger partial charge in [-0.25, -0.2) is 0 Å². The van der Waals surface area contributed by atoms with Crippen LogP contribution in [0.5, 0.6) is 0 Å². The average molecular weight is 392 g/mol. The van der Waals surface area contributed by atoms with Crippen molar-refractivity contribution >= 4 is 39.1 Å². The van der Waals surface area contributed by atoms with Gasteiger partial charge < -0.3 is 9.67 Å². The van der Waals surface area contributed by atoms with E-state index in [0.717, 1.165) is 41.1 Å². The number of aliphatic hydroxyl groups excluding tert-OH is 1. The van der Waals surface area contributed by atoms with Gasteiger partial charge in [0.2, 0.25) is 0 Å². The van der Waals surface area contributed by atoms with Crippen molar-refractivity contribution in [3.63, 3.8) is 0 Å². The number of carbonyl (C=O) groups is 1. The highest BCUT2D eigenvalue weighted by Gasteiger charge is 2.19. The third-order valence-electron chi connectivity index (χ3n) is 5.17. The van der Waals surface area contributed by atoms with E-state index in [1.165, 1.54) is 0 Å². The summed E-state index contributed by atoms with van der Waals surface area (Å²) in [6, 6.07) is 19.3. The van der Waals surface area contributed by atoms with Gasteiger partial charge in [-0.1, -0.05) is 54.1 Å². The molecule has 0 saturated carbocycles. The third-order valence-corrected chi connectivity index (χ3v) is 5.50. The van der Waals surface area contributed by atoms with E-state index in [0.29, 0.717) is 16.1 Å². The van der Waals surface area contributed by atoms with Gasteiger partial charge in [-0.15, -0.1) is 0 Å².